The van der Waals surface area contributed by atoms with Crippen molar-refractivity contribution in [3.8, 4) is 0 Å². The van der Waals surface area contributed by atoms with E-state index in [4.69, 9.17) is 10.5 Å². The van der Waals surface area contributed by atoms with Crippen LogP contribution in [0.15, 0.2) is 18.2 Å². The summed E-state index contributed by atoms with van der Waals surface area (Å²) in [6.45, 7) is 2.44. The highest BCUT2D eigenvalue weighted by molar-refractivity contribution is 5.73. The molecule has 0 aromatic carbocycles. The third-order valence-corrected chi connectivity index (χ3v) is 3.11. The first kappa shape index (κ1) is 13.1. The third-order valence-electron chi connectivity index (χ3n) is 3.11. The highest BCUT2D eigenvalue weighted by Crippen LogP contribution is 2.25. The average Bonchev–Trinajstić information content (AvgIpc) is 2.37. The Labute approximate surface area is 108 Å². The molecule has 4 heteroatoms. The molecule has 0 bridgehead atoms. The third kappa shape index (κ3) is 3.31. The maximum absolute atomic E-state index is 6.05. The summed E-state index contributed by atoms with van der Waals surface area (Å²) >= 11 is 0. The van der Waals surface area contributed by atoms with Crippen molar-refractivity contribution < 1.29 is 4.74 Å². The van der Waals surface area contributed by atoms with E-state index in [1.807, 2.05) is 0 Å². The standard InChI is InChI=1S/C14H21N3O/c1-17(2)8-5-12-3-4-13(14(15)16-12)11-6-9-18-10-7-11/h3-4,6H,5,7-10H2,1-2H3,(H2,15,16). The molecule has 0 saturated carbocycles. The molecule has 1 aromatic heterocycles. The number of likely N-dealkylation sites (N-methyl/N-ethyl adjacent to an activating group) is 1. The number of nitrogens with two attached hydrogens (primary N) is 1. The molecule has 4 nitrogen and oxygen atoms in total. The van der Waals surface area contributed by atoms with Gasteiger partial charge in [0.2, 0.25) is 0 Å². The Morgan fingerprint density at radius 3 is 2.83 bits per heavy atom. The van der Waals surface area contributed by atoms with Gasteiger partial charge in [0.05, 0.1) is 13.2 Å². The number of pyridine rings is 1. The molecule has 0 spiro atoms. The number of hydrogen-bond acceptors (Lipinski definition) is 4. The smallest absolute Gasteiger partial charge is 0.131 e. The summed E-state index contributed by atoms with van der Waals surface area (Å²) in [6.07, 6.45) is 3.94. The molecule has 0 unspecified atom stereocenters. The number of anilines is 1. The van der Waals surface area contributed by atoms with Crippen molar-refractivity contribution in [3.05, 3.63) is 29.5 Å². The maximum Gasteiger partial charge on any atom is 0.131 e. The van der Waals surface area contributed by atoms with Gasteiger partial charge < -0.3 is 15.4 Å². The molecule has 0 atom stereocenters. The molecule has 1 aromatic rings. The second-order valence-corrected chi connectivity index (χ2v) is 4.84. The van der Waals surface area contributed by atoms with Gasteiger partial charge in [0.1, 0.15) is 5.82 Å². The monoisotopic (exact) mass is 247 g/mol. The van der Waals surface area contributed by atoms with Gasteiger partial charge >= 0.3 is 0 Å². The molecule has 2 rings (SSSR count). The highest BCUT2D eigenvalue weighted by Gasteiger charge is 2.10. The van der Waals surface area contributed by atoms with Gasteiger partial charge in [-0.25, -0.2) is 4.98 Å². The maximum atomic E-state index is 6.05. The molecular formula is C14H21N3O. The van der Waals surface area contributed by atoms with Gasteiger partial charge in [-0.15, -0.1) is 0 Å². The molecule has 0 aliphatic carbocycles. The first-order valence-electron chi connectivity index (χ1n) is 6.34. The van der Waals surface area contributed by atoms with Crippen molar-refractivity contribution in [2.24, 2.45) is 0 Å². The number of hydrogen-bond donors (Lipinski definition) is 1. The van der Waals surface area contributed by atoms with E-state index in [-0.39, 0.29) is 0 Å². The van der Waals surface area contributed by atoms with Crippen molar-refractivity contribution in [2.75, 3.05) is 39.6 Å². The Morgan fingerprint density at radius 2 is 2.22 bits per heavy atom. The van der Waals surface area contributed by atoms with Crippen molar-refractivity contribution in [1.29, 1.82) is 0 Å². The van der Waals surface area contributed by atoms with Crippen LogP contribution in [0.25, 0.3) is 5.57 Å². The molecule has 0 fully saturated rings. The SMILES string of the molecule is CN(C)CCc1ccc(C2=CCOCC2)c(N)n1. The molecule has 0 amide bonds. The topological polar surface area (TPSA) is 51.4 Å². The van der Waals surface area contributed by atoms with Gasteiger partial charge in [-0.3, -0.25) is 0 Å². The minimum Gasteiger partial charge on any atom is -0.383 e. The molecule has 0 saturated heterocycles. The van der Waals surface area contributed by atoms with Gasteiger partial charge in [0.25, 0.3) is 0 Å². The molecule has 18 heavy (non-hydrogen) atoms. The second-order valence-electron chi connectivity index (χ2n) is 4.84. The number of rotatable bonds is 4. The van der Waals surface area contributed by atoms with Crippen LogP contribution in [0.3, 0.4) is 0 Å². The van der Waals surface area contributed by atoms with Crippen LogP contribution in [0.1, 0.15) is 17.7 Å². The molecule has 1 aliphatic heterocycles. The summed E-state index contributed by atoms with van der Waals surface area (Å²) in [7, 11) is 4.12. The number of ether oxygens (including phenoxy) is 1. The summed E-state index contributed by atoms with van der Waals surface area (Å²) in [5.74, 6) is 0.638. The van der Waals surface area contributed by atoms with E-state index in [2.05, 4.69) is 42.2 Å². The Hall–Kier alpha value is -1.39. The molecule has 98 valence electrons. The molecule has 2 heterocycles. The van der Waals surface area contributed by atoms with Gasteiger partial charge in [-0.1, -0.05) is 6.08 Å². The van der Waals surface area contributed by atoms with Crippen LogP contribution < -0.4 is 5.73 Å². The number of aromatic nitrogens is 1. The van der Waals surface area contributed by atoms with E-state index < -0.39 is 0 Å². The van der Waals surface area contributed by atoms with Crippen LogP contribution in [-0.2, 0) is 11.2 Å². The van der Waals surface area contributed by atoms with E-state index >= 15 is 0 Å². The van der Waals surface area contributed by atoms with E-state index in [0.29, 0.717) is 12.4 Å². The molecular weight excluding hydrogens is 226 g/mol. The van der Waals surface area contributed by atoms with Crippen LogP contribution in [0, 0.1) is 0 Å². The minimum absolute atomic E-state index is 0.638. The Morgan fingerprint density at radius 1 is 1.39 bits per heavy atom. The van der Waals surface area contributed by atoms with Crippen LogP contribution in [0.5, 0.6) is 0 Å². The normalized spacial score (nSPS) is 15.8. The summed E-state index contributed by atoms with van der Waals surface area (Å²) < 4.78 is 5.31. The fourth-order valence-electron chi connectivity index (χ4n) is 2.04. The lowest BCUT2D eigenvalue weighted by Crippen LogP contribution is -2.16. The zero-order valence-electron chi connectivity index (χ0n) is 11.1. The zero-order valence-corrected chi connectivity index (χ0v) is 11.1. The van der Waals surface area contributed by atoms with Crippen molar-refractivity contribution in [1.82, 2.24) is 9.88 Å². The predicted octanol–water partition coefficient (Wildman–Crippen LogP) is 1.57. The van der Waals surface area contributed by atoms with Crippen LogP contribution in [0.2, 0.25) is 0 Å². The summed E-state index contributed by atoms with van der Waals surface area (Å²) in [6, 6.07) is 4.16. The first-order valence-corrected chi connectivity index (χ1v) is 6.34. The fourth-order valence-corrected chi connectivity index (χ4v) is 2.04. The molecule has 0 radical (unpaired) electrons. The largest absolute Gasteiger partial charge is 0.383 e. The Kier molecular flexibility index (Phi) is 4.33. The lowest BCUT2D eigenvalue weighted by Gasteiger charge is -2.16. The van der Waals surface area contributed by atoms with Crippen LogP contribution >= 0.6 is 0 Å². The number of nitrogens with zero attached hydrogens (tertiary/aromatic N) is 2. The number of nitrogen functional groups attached to an aromatic ring is 1. The highest BCUT2D eigenvalue weighted by atomic mass is 16.5. The first-order chi connectivity index (χ1) is 8.66. The minimum atomic E-state index is 0.638. The predicted molar refractivity (Wildman–Crippen MR) is 74.3 cm³/mol. The quantitative estimate of drug-likeness (QED) is 0.877. The zero-order chi connectivity index (χ0) is 13.0. The lowest BCUT2D eigenvalue weighted by molar-refractivity contribution is 0.161. The van der Waals surface area contributed by atoms with Crippen LogP contribution in [-0.4, -0.2) is 43.7 Å². The van der Waals surface area contributed by atoms with E-state index in [9.17, 15) is 0 Å². The molecule has 1 aliphatic rings. The summed E-state index contributed by atoms with van der Waals surface area (Å²) in [4.78, 5) is 6.64. The van der Waals surface area contributed by atoms with E-state index in [0.717, 1.165) is 37.3 Å². The van der Waals surface area contributed by atoms with Gasteiger partial charge in [-0.2, -0.15) is 0 Å². The Bertz CT molecular complexity index is 441. The second kappa shape index (κ2) is 5.98. The summed E-state index contributed by atoms with van der Waals surface area (Å²) in [5.41, 5.74) is 9.42. The van der Waals surface area contributed by atoms with Crippen molar-refractivity contribution in [2.45, 2.75) is 12.8 Å². The van der Waals surface area contributed by atoms with Crippen LogP contribution in [0.4, 0.5) is 5.82 Å². The Balaban J connectivity index is 2.12. The van der Waals surface area contributed by atoms with Gasteiger partial charge in [0.15, 0.2) is 0 Å². The van der Waals surface area contributed by atoms with Gasteiger partial charge in [0, 0.05) is 24.2 Å². The fraction of sp³-hybridized carbons (Fsp3) is 0.500. The average molecular weight is 247 g/mol. The van der Waals surface area contributed by atoms with Crippen molar-refractivity contribution >= 4 is 11.4 Å². The summed E-state index contributed by atoms with van der Waals surface area (Å²) in [5, 5.41) is 0. The van der Waals surface area contributed by atoms with Crippen molar-refractivity contribution in [3.63, 3.8) is 0 Å². The van der Waals surface area contributed by atoms with Gasteiger partial charge in [-0.05, 0) is 38.2 Å². The lowest BCUT2D eigenvalue weighted by atomic mass is 10.0. The van der Waals surface area contributed by atoms with E-state index in [1.165, 1.54) is 5.57 Å². The molecule has 2 N–H and O–H groups in total. The van der Waals surface area contributed by atoms with E-state index in [1.54, 1.807) is 0 Å².